The number of halogens is 1. The first-order chi connectivity index (χ1) is 8.54. The van der Waals surface area contributed by atoms with E-state index in [0.29, 0.717) is 0 Å². The standard InChI is InChI=1S/C10H9ClN4O3/c1-15-9(16)6(7(14-15)10(17)18-2)8-12-4-3-5(11)13-8/h3-4,14H,1-2H3. The number of aromatic amines is 1. The summed E-state index contributed by atoms with van der Waals surface area (Å²) in [5.41, 5.74) is -0.406. The van der Waals surface area contributed by atoms with Gasteiger partial charge in [0.15, 0.2) is 11.5 Å². The normalized spacial score (nSPS) is 10.4. The number of hydrogen-bond donors (Lipinski definition) is 1. The van der Waals surface area contributed by atoms with E-state index in [2.05, 4.69) is 19.8 Å². The Balaban J connectivity index is 2.70. The van der Waals surface area contributed by atoms with E-state index in [1.165, 1.54) is 26.4 Å². The van der Waals surface area contributed by atoms with Crippen LogP contribution in [-0.2, 0) is 11.8 Å². The van der Waals surface area contributed by atoms with Crippen LogP contribution < -0.4 is 5.56 Å². The maximum Gasteiger partial charge on any atom is 0.356 e. The topological polar surface area (TPSA) is 89.9 Å². The molecule has 2 rings (SSSR count). The number of rotatable bonds is 2. The molecule has 0 aliphatic carbocycles. The van der Waals surface area contributed by atoms with Crippen LogP contribution in [0, 0.1) is 0 Å². The van der Waals surface area contributed by atoms with Gasteiger partial charge in [-0.3, -0.25) is 14.6 Å². The minimum absolute atomic E-state index is 0.00716. The summed E-state index contributed by atoms with van der Waals surface area (Å²) < 4.78 is 5.73. The van der Waals surface area contributed by atoms with Gasteiger partial charge >= 0.3 is 5.97 Å². The average molecular weight is 269 g/mol. The molecule has 1 N–H and O–H groups in total. The Hall–Kier alpha value is -2.15. The van der Waals surface area contributed by atoms with Crippen LogP contribution >= 0.6 is 11.6 Å². The van der Waals surface area contributed by atoms with Crippen LogP contribution in [0.15, 0.2) is 17.1 Å². The molecule has 0 aliphatic heterocycles. The van der Waals surface area contributed by atoms with Crippen LogP contribution in [0.1, 0.15) is 10.5 Å². The molecule has 0 bridgehead atoms. The molecule has 18 heavy (non-hydrogen) atoms. The third-order valence-corrected chi connectivity index (χ3v) is 2.49. The first-order valence-corrected chi connectivity index (χ1v) is 5.28. The van der Waals surface area contributed by atoms with E-state index >= 15 is 0 Å². The monoisotopic (exact) mass is 268 g/mol. The zero-order valence-corrected chi connectivity index (χ0v) is 10.4. The highest BCUT2D eigenvalue weighted by molar-refractivity contribution is 6.29. The quantitative estimate of drug-likeness (QED) is 0.637. The van der Waals surface area contributed by atoms with E-state index in [1.807, 2.05) is 0 Å². The molecule has 0 radical (unpaired) electrons. The number of aromatic nitrogens is 4. The van der Waals surface area contributed by atoms with Crippen LogP contribution in [0.3, 0.4) is 0 Å². The number of hydrogen-bond acceptors (Lipinski definition) is 5. The van der Waals surface area contributed by atoms with E-state index in [1.54, 1.807) is 0 Å². The van der Waals surface area contributed by atoms with Gasteiger partial charge in [0.1, 0.15) is 10.7 Å². The molecule has 8 heteroatoms. The third-order valence-electron chi connectivity index (χ3n) is 2.28. The summed E-state index contributed by atoms with van der Waals surface area (Å²) in [4.78, 5) is 31.3. The average Bonchev–Trinajstić information content (AvgIpc) is 2.65. The fraction of sp³-hybridized carbons (Fsp3) is 0.200. The SMILES string of the molecule is COC(=O)c1[nH]n(C)c(=O)c1-c1nccc(Cl)n1. The summed E-state index contributed by atoms with van der Waals surface area (Å²) in [5.74, 6) is -0.601. The lowest BCUT2D eigenvalue weighted by atomic mass is 10.2. The summed E-state index contributed by atoms with van der Waals surface area (Å²) in [6.45, 7) is 0. The van der Waals surface area contributed by atoms with Crippen molar-refractivity contribution in [1.82, 2.24) is 19.7 Å². The van der Waals surface area contributed by atoms with E-state index in [0.717, 1.165) is 4.68 Å². The van der Waals surface area contributed by atoms with Crippen molar-refractivity contribution in [3.8, 4) is 11.4 Å². The number of carbonyl (C=O) groups is 1. The van der Waals surface area contributed by atoms with Crippen LogP contribution in [0.5, 0.6) is 0 Å². The van der Waals surface area contributed by atoms with Gasteiger partial charge in [0, 0.05) is 13.2 Å². The van der Waals surface area contributed by atoms with Crippen LogP contribution in [0.25, 0.3) is 11.4 Å². The first kappa shape index (κ1) is 12.3. The maximum atomic E-state index is 11.9. The molecule has 0 aromatic carbocycles. The van der Waals surface area contributed by atoms with Gasteiger partial charge in [-0.2, -0.15) is 0 Å². The lowest BCUT2D eigenvalue weighted by Crippen LogP contribution is -2.14. The van der Waals surface area contributed by atoms with Crippen molar-refractivity contribution in [2.24, 2.45) is 7.05 Å². The molecular weight excluding hydrogens is 260 g/mol. The second-order valence-corrected chi connectivity index (χ2v) is 3.81. The van der Waals surface area contributed by atoms with E-state index < -0.39 is 11.5 Å². The van der Waals surface area contributed by atoms with Crippen molar-refractivity contribution in [2.45, 2.75) is 0 Å². The van der Waals surface area contributed by atoms with Gasteiger partial charge in [-0.1, -0.05) is 11.6 Å². The van der Waals surface area contributed by atoms with E-state index in [9.17, 15) is 9.59 Å². The molecule has 0 saturated carbocycles. The van der Waals surface area contributed by atoms with Crippen molar-refractivity contribution < 1.29 is 9.53 Å². The molecular formula is C10H9ClN4O3. The van der Waals surface area contributed by atoms with Gasteiger partial charge in [0.2, 0.25) is 0 Å². The van der Waals surface area contributed by atoms with Crippen LogP contribution in [0.4, 0.5) is 0 Å². The van der Waals surface area contributed by atoms with Gasteiger partial charge in [-0.05, 0) is 6.07 Å². The smallest absolute Gasteiger partial charge is 0.356 e. The van der Waals surface area contributed by atoms with E-state index in [-0.39, 0.29) is 22.2 Å². The molecule has 2 aromatic rings. The summed E-state index contributed by atoms with van der Waals surface area (Å²) in [6.07, 6.45) is 1.40. The number of esters is 1. The molecule has 0 amide bonds. The van der Waals surface area contributed by atoms with Gasteiger partial charge in [-0.15, -0.1) is 0 Å². The molecule has 2 heterocycles. The zero-order chi connectivity index (χ0) is 13.3. The summed E-state index contributed by atoms with van der Waals surface area (Å²) in [6, 6.07) is 1.47. The largest absolute Gasteiger partial charge is 0.464 e. The Morgan fingerprint density at radius 3 is 2.89 bits per heavy atom. The first-order valence-electron chi connectivity index (χ1n) is 4.91. The predicted molar refractivity (Wildman–Crippen MR) is 63.4 cm³/mol. The second kappa shape index (κ2) is 4.61. The predicted octanol–water partition coefficient (Wildman–Crippen LogP) is 0.610. The molecule has 0 aliphatic rings. The fourth-order valence-corrected chi connectivity index (χ4v) is 1.60. The second-order valence-electron chi connectivity index (χ2n) is 3.42. The number of H-pyrrole nitrogens is 1. The summed E-state index contributed by atoms with van der Waals surface area (Å²) >= 11 is 5.73. The number of nitrogens with zero attached hydrogens (tertiary/aromatic N) is 3. The highest BCUT2D eigenvalue weighted by atomic mass is 35.5. The third kappa shape index (κ3) is 2.00. The van der Waals surface area contributed by atoms with Crippen molar-refractivity contribution in [2.75, 3.05) is 7.11 Å². The number of nitrogens with one attached hydrogen (secondary N) is 1. The number of ether oxygens (including phenoxy) is 1. The minimum Gasteiger partial charge on any atom is -0.464 e. The Morgan fingerprint density at radius 2 is 2.28 bits per heavy atom. The zero-order valence-electron chi connectivity index (χ0n) is 9.60. The maximum absolute atomic E-state index is 11.9. The molecule has 0 spiro atoms. The molecule has 0 unspecified atom stereocenters. The molecule has 7 nitrogen and oxygen atoms in total. The number of aryl methyl sites for hydroxylation is 1. The lowest BCUT2D eigenvalue weighted by molar-refractivity contribution is 0.0594. The molecule has 0 saturated heterocycles. The molecule has 2 aromatic heterocycles. The molecule has 0 atom stereocenters. The molecule has 0 fully saturated rings. The Bertz CT molecular complexity index is 661. The van der Waals surface area contributed by atoms with Crippen LogP contribution in [0.2, 0.25) is 5.15 Å². The number of carbonyl (C=O) groups excluding carboxylic acids is 1. The van der Waals surface area contributed by atoms with Gasteiger partial charge < -0.3 is 4.74 Å². The Morgan fingerprint density at radius 1 is 1.56 bits per heavy atom. The summed E-state index contributed by atoms with van der Waals surface area (Å²) in [5, 5.41) is 2.77. The van der Waals surface area contributed by atoms with E-state index in [4.69, 9.17) is 11.6 Å². The van der Waals surface area contributed by atoms with Crippen molar-refractivity contribution in [3.63, 3.8) is 0 Å². The highest BCUT2D eigenvalue weighted by Gasteiger charge is 2.23. The van der Waals surface area contributed by atoms with Crippen molar-refractivity contribution in [3.05, 3.63) is 33.5 Å². The van der Waals surface area contributed by atoms with Gasteiger partial charge in [0.05, 0.1) is 7.11 Å². The fourth-order valence-electron chi connectivity index (χ4n) is 1.46. The van der Waals surface area contributed by atoms with Gasteiger partial charge in [-0.25, -0.2) is 14.8 Å². The van der Waals surface area contributed by atoms with Crippen molar-refractivity contribution in [1.29, 1.82) is 0 Å². The Labute approximate surface area is 106 Å². The van der Waals surface area contributed by atoms with Crippen LogP contribution in [-0.4, -0.2) is 32.8 Å². The minimum atomic E-state index is -0.675. The lowest BCUT2D eigenvalue weighted by Gasteiger charge is -1.99. The Kier molecular flexibility index (Phi) is 3.15. The summed E-state index contributed by atoms with van der Waals surface area (Å²) in [7, 11) is 2.69. The van der Waals surface area contributed by atoms with Crippen molar-refractivity contribution >= 4 is 17.6 Å². The molecule has 94 valence electrons. The highest BCUT2D eigenvalue weighted by Crippen LogP contribution is 2.16. The number of methoxy groups -OCH3 is 1. The van der Waals surface area contributed by atoms with Gasteiger partial charge in [0.25, 0.3) is 5.56 Å².